The molecule has 0 saturated heterocycles. The fourth-order valence-electron chi connectivity index (χ4n) is 13.4. The van der Waals surface area contributed by atoms with E-state index in [9.17, 15) is 0 Å². The van der Waals surface area contributed by atoms with Gasteiger partial charge in [0.2, 0.25) is 0 Å². The molecule has 2 aromatic heterocycles. The van der Waals surface area contributed by atoms with Crippen molar-refractivity contribution in [1.82, 2.24) is 0 Å². The van der Waals surface area contributed by atoms with Gasteiger partial charge in [-0.15, -0.1) is 0 Å². The van der Waals surface area contributed by atoms with Crippen molar-refractivity contribution in [3.05, 3.63) is 212 Å². The summed E-state index contributed by atoms with van der Waals surface area (Å²) in [6.45, 7) is 6.67. The minimum atomic E-state index is -2.93. The molecule has 0 saturated carbocycles. The molecule has 4 aliphatic heterocycles. The molecule has 10 aromatic carbocycles. The minimum absolute atomic E-state index is 0.0628. The van der Waals surface area contributed by atoms with Gasteiger partial charge in [0.05, 0.1) is 5.69 Å². The Bertz CT molecular complexity index is 4230. The zero-order valence-corrected chi connectivity index (χ0v) is 39.9. The molecule has 0 amide bonds. The highest BCUT2D eigenvalue weighted by Crippen LogP contribution is 2.54. The topological polar surface area (TPSA) is 32.8 Å². The zero-order chi connectivity index (χ0) is 46.2. The molecular formula is C64H43BN2O2Si. The molecule has 0 fully saturated rings. The van der Waals surface area contributed by atoms with Crippen LogP contribution in [0.4, 0.5) is 28.4 Å². The smallest absolute Gasteiger partial charge is 0.333 e. The highest BCUT2D eigenvalue weighted by atomic mass is 28.3. The van der Waals surface area contributed by atoms with Crippen molar-refractivity contribution in [2.75, 3.05) is 9.71 Å². The molecule has 12 aromatic rings. The minimum Gasteiger partial charge on any atom is -0.456 e. The maximum Gasteiger partial charge on any atom is 0.333 e. The Morgan fingerprint density at radius 2 is 1.06 bits per heavy atom. The van der Waals surface area contributed by atoms with Crippen molar-refractivity contribution in [2.24, 2.45) is 0 Å². The summed E-state index contributed by atoms with van der Waals surface area (Å²) < 4.78 is 14.2. The summed E-state index contributed by atoms with van der Waals surface area (Å²) in [5.74, 6) is 0. The summed E-state index contributed by atoms with van der Waals surface area (Å²) >= 11 is 0. The Morgan fingerprint density at radius 3 is 1.83 bits per heavy atom. The predicted molar refractivity (Wildman–Crippen MR) is 295 cm³/mol. The summed E-state index contributed by atoms with van der Waals surface area (Å²) in [7, 11) is -2.93. The molecule has 16 rings (SSSR count). The van der Waals surface area contributed by atoms with Crippen molar-refractivity contribution in [3.8, 4) is 33.4 Å². The van der Waals surface area contributed by atoms with Gasteiger partial charge in [-0.2, -0.15) is 0 Å². The van der Waals surface area contributed by atoms with Gasteiger partial charge < -0.3 is 18.5 Å². The van der Waals surface area contributed by atoms with Gasteiger partial charge in [-0.3, -0.25) is 0 Å². The maximum atomic E-state index is 7.28. The van der Waals surface area contributed by atoms with Crippen LogP contribution in [0.5, 0.6) is 0 Å². The van der Waals surface area contributed by atoms with Gasteiger partial charge in [-0.25, -0.2) is 0 Å². The number of hydrogen-bond acceptors (Lipinski definition) is 4. The normalized spacial score (nSPS) is 14.5. The van der Waals surface area contributed by atoms with E-state index in [-0.39, 0.29) is 12.3 Å². The average Bonchev–Trinajstić information content (AvgIpc) is 4.07. The number of fused-ring (bicyclic) bond motifs is 21. The Labute approximate surface area is 406 Å². The van der Waals surface area contributed by atoms with E-state index in [0.29, 0.717) is 0 Å². The van der Waals surface area contributed by atoms with Crippen LogP contribution in [0.25, 0.3) is 77.3 Å². The highest BCUT2D eigenvalue weighted by Gasteiger charge is 2.58. The van der Waals surface area contributed by atoms with E-state index in [1.807, 2.05) is 0 Å². The van der Waals surface area contributed by atoms with Gasteiger partial charge in [-0.05, 0) is 108 Å². The van der Waals surface area contributed by atoms with Crippen molar-refractivity contribution in [3.63, 3.8) is 0 Å². The standard InChI is InChI=1S/C64H43BN2O2Si/c1-64(2,3)39-32-33-47(45(36-39)38-18-5-4-6-19-38)66-49-34-35-53-58(43-23-8-13-27-52(43)68-53)60(49)65-61-50(66)37-46-40-20-7-12-26-51(40)69-63(46)59(61)44-24-17-31-57-62(44)67(65)48-25-11-16-30-56(48)70(57)54-28-14-9-21-41(54)42-22-10-15-29-55(42)70/h4-37H,1-3H3. The molecule has 4 nitrogen and oxygen atoms in total. The van der Waals surface area contributed by atoms with Crippen LogP contribution in [0.3, 0.4) is 0 Å². The molecule has 6 heteroatoms. The summed E-state index contributed by atoms with van der Waals surface area (Å²) in [6, 6.07) is 77.4. The second-order valence-corrected chi connectivity index (χ2v) is 24.3. The number of hydrogen-bond donors (Lipinski definition) is 0. The van der Waals surface area contributed by atoms with Crippen LogP contribution in [0.2, 0.25) is 0 Å². The van der Waals surface area contributed by atoms with Crippen molar-refractivity contribution in [1.29, 1.82) is 0 Å². The molecule has 0 radical (unpaired) electrons. The Morgan fingerprint density at radius 1 is 0.429 bits per heavy atom. The third kappa shape index (κ3) is 4.72. The van der Waals surface area contributed by atoms with Gasteiger partial charge in [-0.1, -0.05) is 178 Å². The average molecular weight is 911 g/mol. The molecule has 0 atom stereocenters. The molecule has 328 valence electrons. The van der Waals surface area contributed by atoms with E-state index in [4.69, 9.17) is 8.83 Å². The van der Waals surface area contributed by atoms with Gasteiger partial charge in [0, 0.05) is 61.0 Å². The Balaban J connectivity index is 1.12. The van der Waals surface area contributed by atoms with Crippen LogP contribution in [-0.2, 0) is 5.41 Å². The quantitative estimate of drug-likeness (QED) is 0.162. The van der Waals surface area contributed by atoms with Crippen molar-refractivity contribution < 1.29 is 8.83 Å². The Hall–Kier alpha value is -8.32. The lowest BCUT2D eigenvalue weighted by Gasteiger charge is -2.51. The van der Waals surface area contributed by atoms with Crippen LogP contribution >= 0.6 is 0 Å². The van der Waals surface area contributed by atoms with Crippen LogP contribution < -0.4 is 41.4 Å². The summed E-state index contributed by atoms with van der Waals surface area (Å²) in [5, 5.41) is 10.2. The molecule has 0 unspecified atom stereocenters. The second-order valence-electron chi connectivity index (χ2n) is 20.6. The van der Waals surface area contributed by atoms with E-state index in [1.165, 1.54) is 76.4 Å². The first kappa shape index (κ1) is 38.6. The van der Waals surface area contributed by atoms with Crippen LogP contribution in [0.1, 0.15) is 26.3 Å². The van der Waals surface area contributed by atoms with E-state index in [1.54, 1.807) is 0 Å². The Kier molecular flexibility index (Phi) is 7.43. The number of nitrogens with zero attached hydrogens (tertiary/aromatic N) is 2. The fourth-order valence-corrected chi connectivity index (χ4v) is 19.0. The lowest BCUT2D eigenvalue weighted by Crippen LogP contribution is -2.78. The van der Waals surface area contributed by atoms with Crippen LogP contribution in [-0.4, -0.2) is 14.9 Å². The number of para-hydroxylation sites is 4. The van der Waals surface area contributed by atoms with E-state index >= 15 is 0 Å². The summed E-state index contributed by atoms with van der Waals surface area (Å²) in [4.78, 5) is 5.34. The summed E-state index contributed by atoms with van der Waals surface area (Å²) in [6.07, 6.45) is 0. The summed E-state index contributed by atoms with van der Waals surface area (Å²) in [5.41, 5.74) is 20.7. The number of furan rings is 2. The molecule has 1 spiro atoms. The first-order valence-corrected chi connectivity index (χ1v) is 26.5. The van der Waals surface area contributed by atoms with Gasteiger partial charge in [0.15, 0.2) is 8.07 Å². The lowest BCUT2D eigenvalue weighted by molar-refractivity contribution is 0.590. The third-order valence-electron chi connectivity index (χ3n) is 16.2. The van der Waals surface area contributed by atoms with Gasteiger partial charge in [0.25, 0.3) is 0 Å². The number of anilines is 5. The SMILES string of the molecule is CC(C)(C)c1ccc(N2c3cc4c(oc5ccccc54)c4c3B(c3c2ccc2oc5ccccc5c32)N2c3ccccc3[Si]3(c5ccccc5-c5ccccc53)c3cccc-4c32)c(-c2ccccc2)c1. The zero-order valence-electron chi connectivity index (χ0n) is 38.9. The monoisotopic (exact) mass is 910 g/mol. The van der Waals surface area contributed by atoms with Crippen LogP contribution in [0.15, 0.2) is 215 Å². The number of rotatable bonds is 2. The fraction of sp³-hybridized carbons (Fsp3) is 0.0625. The second kappa shape index (κ2) is 13.5. The first-order chi connectivity index (χ1) is 34.4. The van der Waals surface area contributed by atoms with E-state index in [0.717, 1.165) is 66.5 Å². The van der Waals surface area contributed by atoms with Gasteiger partial charge >= 0.3 is 6.85 Å². The largest absolute Gasteiger partial charge is 0.456 e. The van der Waals surface area contributed by atoms with Crippen LogP contribution in [0, 0.1) is 0 Å². The predicted octanol–water partition coefficient (Wildman–Crippen LogP) is 12.8. The maximum absolute atomic E-state index is 7.28. The van der Waals surface area contributed by atoms with E-state index in [2.05, 4.69) is 237 Å². The molecule has 4 aliphatic rings. The molecule has 6 heterocycles. The molecule has 0 aliphatic carbocycles. The lowest BCUT2D eigenvalue weighted by atomic mass is 9.42. The molecule has 70 heavy (non-hydrogen) atoms. The highest BCUT2D eigenvalue weighted by molar-refractivity contribution is 7.24. The molecular weight excluding hydrogens is 868 g/mol. The number of benzene rings is 10. The first-order valence-electron chi connectivity index (χ1n) is 24.5. The molecule has 0 bridgehead atoms. The van der Waals surface area contributed by atoms with Gasteiger partial charge in [0.1, 0.15) is 22.3 Å². The third-order valence-corrected chi connectivity index (χ3v) is 21.1. The van der Waals surface area contributed by atoms with Crippen molar-refractivity contribution >= 4 is 119 Å². The van der Waals surface area contributed by atoms with E-state index < -0.39 is 8.07 Å². The van der Waals surface area contributed by atoms with Crippen molar-refractivity contribution in [2.45, 2.75) is 26.2 Å². The molecule has 0 N–H and O–H groups in total.